The van der Waals surface area contributed by atoms with E-state index < -0.39 is 9.05 Å². The molecule has 0 aliphatic heterocycles. The molecule has 0 heterocycles. The first-order valence-electron chi connectivity index (χ1n) is 4.99. The highest BCUT2D eigenvalue weighted by atomic mass is 35.7. The first-order valence-corrected chi connectivity index (χ1v) is 8.43. The van der Waals surface area contributed by atoms with E-state index in [0.29, 0.717) is 21.2 Å². The predicted molar refractivity (Wildman–Crippen MR) is 79.9 cm³/mol. The van der Waals surface area contributed by atoms with Crippen LogP contribution < -0.4 is 0 Å². The Kier molecular flexibility index (Phi) is 4.33. The van der Waals surface area contributed by atoms with Gasteiger partial charge in [-0.25, -0.2) is 8.42 Å². The Morgan fingerprint density at radius 1 is 0.895 bits per heavy atom. The van der Waals surface area contributed by atoms with Crippen LogP contribution in [-0.2, 0) is 9.05 Å². The molecular formula is C12H6Cl4O2S. The molecule has 0 unspecified atom stereocenters. The van der Waals surface area contributed by atoms with Gasteiger partial charge in [-0.2, -0.15) is 0 Å². The fourth-order valence-electron chi connectivity index (χ4n) is 1.64. The van der Waals surface area contributed by atoms with Crippen molar-refractivity contribution < 1.29 is 8.42 Å². The van der Waals surface area contributed by atoms with Crippen molar-refractivity contribution in [2.24, 2.45) is 0 Å². The lowest BCUT2D eigenvalue weighted by Crippen LogP contribution is -1.95. The summed E-state index contributed by atoms with van der Waals surface area (Å²) in [4.78, 5) is -0.0669. The van der Waals surface area contributed by atoms with Crippen molar-refractivity contribution in [2.75, 3.05) is 0 Å². The second-order valence-corrected chi connectivity index (χ2v) is 7.44. The molecule has 0 aliphatic carbocycles. The summed E-state index contributed by atoms with van der Waals surface area (Å²) in [6.45, 7) is 0. The zero-order chi connectivity index (χ0) is 14.2. The summed E-state index contributed by atoms with van der Waals surface area (Å²) in [5, 5.41) is 0.931. The van der Waals surface area contributed by atoms with Crippen LogP contribution in [-0.4, -0.2) is 8.42 Å². The fraction of sp³-hybridized carbons (Fsp3) is 0. The summed E-state index contributed by atoms with van der Waals surface area (Å²) in [6, 6.07) is 9.16. The fourth-order valence-corrected chi connectivity index (χ4v) is 3.28. The lowest BCUT2D eigenvalue weighted by molar-refractivity contribution is 0.610. The van der Waals surface area contributed by atoms with Gasteiger partial charge in [-0.3, -0.25) is 0 Å². The molecule has 0 saturated heterocycles. The van der Waals surface area contributed by atoms with E-state index in [0.717, 1.165) is 0 Å². The van der Waals surface area contributed by atoms with Gasteiger partial charge in [0.1, 0.15) is 0 Å². The van der Waals surface area contributed by atoms with Crippen molar-refractivity contribution in [3.63, 3.8) is 0 Å². The molecule has 0 fully saturated rings. The van der Waals surface area contributed by atoms with Crippen molar-refractivity contribution in [1.82, 2.24) is 0 Å². The Morgan fingerprint density at radius 3 is 2.21 bits per heavy atom. The van der Waals surface area contributed by atoms with Crippen molar-refractivity contribution in [3.05, 3.63) is 51.5 Å². The number of rotatable bonds is 2. The minimum absolute atomic E-state index is 0.0669. The average molecular weight is 356 g/mol. The number of halogens is 4. The van der Waals surface area contributed by atoms with Gasteiger partial charge in [-0.1, -0.05) is 46.9 Å². The lowest BCUT2D eigenvalue weighted by Gasteiger charge is -2.10. The van der Waals surface area contributed by atoms with Crippen LogP contribution in [0.2, 0.25) is 15.1 Å². The van der Waals surface area contributed by atoms with E-state index in [4.69, 9.17) is 45.5 Å². The minimum Gasteiger partial charge on any atom is -0.207 e. The highest BCUT2D eigenvalue weighted by molar-refractivity contribution is 8.13. The summed E-state index contributed by atoms with van der Waals surface area (Å²) >= 11 is 17.9. The van der Waals surface area contributed by atoms with Crippen LogP contribution in [0.25, 0.3) is 11.1 Å². The van der Waals surface area contributed by atoms with Crippen LogP contribution in [0.4, 0.5) is 0 Å². The quantitative estimate of drug-likeness (QED) is 0.690. The van der Waals surface area contributed by atoms with Gasteiger partial charge in [0.15, 0.2) is 0 Å². The van der Waals surface area contributed by atoms with Gasteiger partial charge in [0.2, 0.25) is 0 Å². The molecule has 2 aromatic carbocycles. The predicted octanol–water partition coefficient (Wildman–Crippen LogP) is 5.24. The molecule has 0 atom stereocenters. The van der Waals surface area contributed by atoms with E-state index in [9.17, 15) is 8.42 Å². The van der Waals surface area contributed by atoms with Gasteiger partial charge in [0.05, 0.1) is 14.9 Å². The molecule has 2 rings (SSSR count). The Labute approximate surface area is 130 Å². The molecule has 100 valence electrons. The second kappa shape index (κ2) is 5.51. The summed E-state index contributed by atoms with van der Waals surface area (Å²) < 4.78 is 23.2. The maximum Gasteiger partial charge on any atom is 0.261 e. The maximum absolute atomic E-state index is 11.6. The molecule has 0 aromatic heterocycles. The minimum atomic E-state index is -3.92. The molecule has 19 heavy (non-hydrogen) atoms. The molecule has 2 nitrogen and oxygen atoms in total. The Balaban J connectivity index is 2.82. The monoisotopic (exact) mass is 354 g/mol. The standard InChI is InChI=1S/C12H6Cl4O2S/c13-7-4-5-11(19(16,17)18)9(6-7)8-2-1-3-10(14)12(8)15/h1-6H. The third-order valence-electron chi connectivity index (χ3n) is 2.45. The van der Waals surface area contributed by atoms with Crippen molar-refractivity contribution in [3.8, 4) is 11.1 Å². The van der Waals surface area contributed by atoms with Crippen LogP contribution >= 0.6 is 45.5 Å². The topological polar surface area (TPSA) is 34.1 Å². The van der Waals surface area contributed by atoms with Crippen LogP contribution in [0.1, 0.15) is 0 Å². The van der Waals surface area contributed by atoms with E-state index in [1.54, 1.807) is 18.2 Å². The van der Waals surface area contributed by atoms with Crippen LogP contribution in [0, 0.1) is 0 Å². The van der Waals surface area contributed by atoms with E-state index in [1.807, 2.05) is 0 Å². The van der Waals surface area contributed by atoms with Gasteiger partial charge < -0.3 is 0 Å². The van der Waals surface area contributed by atoms with Crippen molar-refractivity contribution in [2.45, 2.75) is 4.90 Å². The van der Waals surface area contributed by atoms with E-state index >= 15 is 0 Å². The maximum atomic E-state index is 11.6. The van der Waals surface area contributed by atoms with Crippen LogP contribution in [0.15, 0.2) is 41.3 Å². The smallest absolute Gasteiger partial charge is 0.207 e. The molecular weight excluding hydrogens is 350 g/mol. The normalized spacial score (nSPS) is 11.6. The lowest BCUT2D eigenvalue weighted by atomic mass is 10.1. The highest BCUT2D eigenvalue weighted by Gasteiger charge is 2.19. The zero-order valence-corrected chi connectivity index (χ0v) is 13.0. The SMILES string of the molecule is O=S(=O)(Cl)c1ccc(Cl)cc1-c1cccc(Cl)c1Cl. The molecule has 0 bridgehead atoms. The highest BCUT2D eigenvalue weighted by Crippen LogP contribution is 2.38. The molecule has 0 amide bonds. The summed E-state index contributed by atoms with van der Waals surface area (Å²) in [5.41, 5.74) is 0.769. The van der Waals surface area contributed by atoms with Crippen LogP contribution in [0.3, 0.4) is 0 Å². The average Bonchev–Trinajstić information content (AvgIpc) is 2.31. The van der Waals surface area contributed by atoms with Gasteiger partial charge >= 0.3 is 0 Å². The first kappa shape index (κ1) is 14.9. The Hall–Kier alpha value is -0.450. The third-order valence-corrected chi connectivity index (χ3v) is 4.88. The van der Waals surface area contributed by atoms with Gasteiger partial charge in [-0.15, -0.1) is 0 Å². The van der Waals surface area contributed by atoms with E-state index in [1.165, 1.54) is 18.2 Å². The van der Waals surface area contributed by atoms with Crippen molar-refractivity contribution in [1.29, 1.82) is 0 Å². The van der Waals surface area contributed by atoms with Crippen molar-refractivity contribution >= 4 is 54.5 Å². The summed E-state index contributed by atoms with van der Waals surface area (Å²) in [6.07, 6.45) is 0. The molecule has 0 N–H and O–H groups in total. The van der Waals surface area contributed by atoms with E-state index in [-0.39, 0.29) is 9.92 Å². The molecule has 0 radical (unpaired) electrons. The largest absolute Gasteiger partial charge is 0.261 e. The zero-order valence-electron chi connectivity index (χ0n) is 9.20. The van der Waals surface area contributed by atoms with Crippen LogP contribution in [0.5, 0.6) is 0 Å². The molecule has 2 aromatic rings. The summed E-state index contributed by atoms with van der Waals surface area (Å²) in [7, 11) is 1.50. The molecule has 0 saturated carbocycles. The number of benzene rings is 2. The third kappa shape index (κ3) is 3.18. The van der Waals surface area contributed by atoms with Gasteiger partial charge in [0, 0.05) is 26.8 Å². The van der Waals surface area contributed by atoms with Gasteiger partial charge in [-0.05, 0) is 24.3 Å². The Bertz CT molecular complexity index is 741. The van der Waals surface area contributed by atoms with E-state index in [2.05, 4.69) is 0 Å². The number of hydrogen-bond acceptors (Lipinski definition) is 2. The Morgan fingerprint density at radius 2 is 1.58 bits per heavy atom. The second-order valence-electron chi connectivity index (χ2n) is 3.68. The summed E-state index contributed by atoms with van der Waals surface area (Å²) in [5.74, 6) is 0. The number of hydrogen-bond donors (Lipinski definition) is 0. The molecule has 7 heteroatoms. The molecule has 0 spiro atoms. The first-order chi connectivity index (χ1) is 8.80. The molecule has 0 aliphatic rings. The van der Waals surface area contributed by atoms with Gasteiger partial charge in [0.25, 0.3) is 9.05 Å².